The number of amides is 1. The Kier molecular flexibility index (Phi) is 10.8. The van der Waals surface area contributed by atoms with Crippen LogP contribution in [0.1, 0.15) is 38.2 Å². The van der Waals surface area contributed by atoms with Gasteiger partial charge in [0.1, 0.15) is 6.04 Å². The lowest BCUT2D eigenvalue weighted by molar-refractivity contribution is -0.144. The van der Waals surface area contributed by atoms with Crippen LogP contribution in [-0.4, -0.2) is 53.2 Å². The van der Waals surface area contributed by atoms with Gasteiger partial charge in [-0.2, -0.15) is 12.6 Å². The molecule has 0 saturated heterocycles. The van der Waals surface area contributed by atoms with Crippen molar-refractivity contribution >= 4 is 30.1 Å². The molecule has 0 radical (unpaired) electrons. The third kappa shape index (κ3) is 8.15. The van der Waals surface area contributed by atoms with E-state index < -0.39 is 23.4 Å². The van der Waals surface area contributed by atoms with Gasteiger partial charge < -0.3 is 20.3 Å². The SMILES string of the molecule is COC(=O)C(NC(C)=O)[C@H](S)C(=CC[C@@H](O)CCCCO)c1ccccc1. The van der Waals surface area contributed by atoms with Crippen LogP contribution in [0.15, 0.2) is 36.4 Å². The van der Waals surface area contributed by atoms with Crippen molar-refractivity contribution in [3.05, 3.63) is 42.0 Å². The summed E-state index contributed by atoms with van der Waals surface area (Å²) in [4.78, 5) is 23.7. The monoisotopic (exact) mass is 395 g/mol. The van der Waals surface area contributed by atoms with E-state index in [4.69, 9.17) is 9.84 Å². The second kappa shape index (κ2) is 12.5. The van der Waals surface area contributed by atoms with Crippen molar-refractivity contribution in [1.82, 2.24) is 5.32 Å². The minimum Gasteiger partial charge on any atom is -0.467 e. The molecular formula is C20H29NO5S. The molecule has 1 amide bonds. The number of rotatable bonds is 11. The first kappa shape index (κ1) is 23.2. The fraction of sp³-hybridized carbons (Fsp3) is 0.500. The molecular weight excluding hydrogens is 366 g/mol. The number of methoxy groups -OCH3 is 1. The molecule has 7 heteroatoms. The van der Waals surface area contributed by atoms with E-state index in [1.165, 1.54) is 14.0 Å². The highest BCUT2D eigenvalue weighted by Crippen LogP contribution is 2.27. The normalized spacial score (nSPS) is 14.9. The fourth-order valence-corrected chi connectivity index (χ4v) is 3.16. The smallest absolute Gasteiger partial charge is 0.329 e. The number of carbonyl (C=O) groups excluding carboxylic acids is 2. The van der Waals surface area contributed by atoms with Crippen LogP contribution in [0.3, 0.4) is 0 Å². The summed E-state index contributed by atoms with van der Waals surface area (Å²) in [6.07, 6.45) is 3.60. The van der Waals surface area contributed by atoms with Gasteiger partial charge in [-0.3, -0.25) is 4.79 Å². The zero-order chi connectivity index (χ0) is 20.2. The molecule has 27 heavy (non-hydrogen) atoms. The molecule has 1 rings (SSSR count). The maximum absolute atomic E-state index is 12.2. The van der Waals surface area contributed by atoms with E-state index in [-0.39, 0.29) is 12.5 Å². The van der Waals surface area contributed by atoms with Gasteiger partial charge in [-0.05, 0) is 36.8 Å². The van der Waals surface area contributed by atoms with Gasteiger partial charge in [0.25, 0.3) is 0 Å². The van der Waals surface area contributed by atoms with E-state index in [2.05, 4.69) is 17.9 Å². The van der Waals surface area contributed by atoms with Crippen LogP contribution in [0.4, 0.5) is 0 Å². The van der Waals surface area contributed by atoms with E-state index in [1.54, 1.807) is 0 Å². The number of unbranched alkanes of at least 4 members (excludes halogenated alkanes) is 1. The Balaban J connectivity index is 3.07. The summed E-state index contributed by atoms with van der Waals surface area (Å²) >= 11 is 4.59. The lowest BCUT2D eigenvalue weighted by Gasteiger charge is -2.25. The molecule has 0 saturated carbocycles. The largest absolute Gasteiger partial charge is 0.467 e. The molecule has 0 heterocycles. The maximum Gasteiger partial charge on any atom is 0.329 e. The van der Waals surface area contributed by atoms with E-state index >= 15 is 0 Å². The second-order valence-corrected chi connectivity index (χ2v) is 6.84. The molecule has 6 nitrogen and oxygen atoms in total. The number of thiol groups is 1. The molecule has 0 spiro atoms. The predicted octanol–water partition coefficient (Wildman–Crippen LogP) is 1.96. The first-order chi connectivity index (χ1) is 12.9. The maximum atomic E-state index is 12.2. The van der Waals surface area contributed by atoms with Crippen molar-refractivity contribution in [1.29, 1.82) is 0 Å². The average molecular weight is 396 g/mol. The number of hydrogen-bond donors (Lipinski definition) is 4. The van der Waals surface area contributed by atoms with Crippen LogP contribution < -0.4 is 5.32 Å². The van der Waals surface area contributed by atoms with Crippen LogP contribution in [0, 0.1) is 0 Å². The number of benzene rings is 1. The van der Waals surface area contributed by atoms with Crippen molar-refractivity contribution < 1.29 is 24.5 Å². The minimum atomic E-state index is -0.950. The Hall–Kier alpha value is -1.83. The standard InChI is InChI=1S/C20H29NO5S/c1-14(23)21-18(20(25)26-2)19(27)17(15-8-4-3-5-9-15)12-11-16(24)10-6-7-13-22/h3-5,8-9,12,16,18-19,22,24,27H,6-7,10-11,13H2,1-2H3,(H,21,23)/t16-,18?,19+/m0/s1. The molecule has 0 aliphatic rings. The van der Waals surface area contributed by atoms with Crippen molar-refractivity contribution in [2.75, 3.05) is 13.7 Å². The number of hydrogen-bond acceptors (Lipinski definition) is 6. The molecule has 1 unspecified atom stereocenters. The lowest BCUT2D eigenvalue weighted by Crippen LogP contribution is -2.47. The molecule has 150 valence electrons. The molecule has 0 aliphatic carbocycles. The summed E-state index contributed by atoms with van der Waals surface area (Å²) in [7, 11) is 1.26. The molecule has 0 bridgehead atoms. The van der Waals surface area contributed by atoms with Gasteiger partial charge in [-0.25, -0.2) is 4.79 Å². The molecule has 0 fully saturated rings. The van der Waals surface area contributed by atoms with Crippen LogP contribution in [0.2, 0.25) is 0 Å². The van der Waals surface area contributed by atoms with E-state index in [1.807, 2.05) is 36.4 Å². The minimum absolute atomic E-state index is 0.105. The second-order valence-electron chi connectivity index (χ2n) is 6.28. The van der Waals surface area contributed by atoms with Gasteiger partial charge in [0.2, 0.25) is 5.91 Å². The number of ether oxygens (including phenoxy) is 1. The first-order valence-electron chi connectivity index (χ1n) is 8.98. The van der Waals surface area contributed by atoms with Crippen LogP contribution in [0.5, 0.6) is 0 Å². The number of carbonyl (C=O) groups is 2. The zero-order valence-electron chi connectivity index (χ0n) is 15.8. The zero-order valence-corrected chi connectivity index (χ0v) is 16.7. The molecule has 0 aromatic heterocycles. The highest BCUT2D eigenvalue weighted by Gasteiger charge is 2.30. The third-order valence-electron chi connectivity index (χ3n) is 4.11. The lowest BCUT2D eigenvalue weighted by atomic mass is 9.95. The van der Waals surface area contributed by atoms with Gasteiger partial charge in [0.15, 0.2) is 0 Å². The van der Waals surface area contributed by atoms with Crippen molar-refractivity contribution in [2.45, 2.75) is 50.0 Å². The van der Waals surface area contributed by atoms with E-state index in [0.717, 1.165) is 17.6 Å². The highest BCUT2D eigenvalue weighted by atomic mass is 32.1. The Morgan fingerprint density at radius 2 is 1.93 bits per heavy atom. The fourth-order valence-electron chi connectivity index (χ4n) is 2.70. The Morgan fingerprint density at radius 3 is 2.48 bits per heavy atom. The van der Waals surface area contributed by atoms with Crippen molar-refractivity contribution in [3.8, 4) is 0 Å². The summed E-state index contributed by atoms with van der Waals surface area (Å²) in [6, 6.07) is 8.43. The highest BCUT2D eigenvalue weighted by molar-refractivity contribution is 7.81. The summed E-state index contributed by atoms with van der Waals surface area (Å²) in [5.41, 5.74) is 1.57. The number of esters is 1. The van der Waals surface area contributed by atoms with Crippen molar-refractivity contribution in [3.63, 3.8) is 0 Å². The first-order valence-corrected chi connectivity index (χ1v) is 9.49. The summed E-state index contributed by atoms with van der Waals surface area (Å²) in [6.45, 7) is 1.43. The Morgan fingerprint density at radius 1 is 1.26 bits per heavy atom. The number of aliphatic hydroxyl groups is 2. The van der Waals surface area contributed by atoms with Gasteiger partial charge >= 0.3 is 5.97 Å². The number of aliphatic hydroxyl groups excluding tert-OH is 2. The number of nitrogens with one attached hydrogen (secondary N) is 1. The van der Waals surface area contributed by atoms with Gasteiger partial charge in [0, 0.05) is 13.5 Å². The van der Waals surface area contributed by atoms with E-state index in [0.29, 0.717) is 19.3 Å². The third-order valence-corrected chi connectivity index (χ3v) is 4.69. The van der Waals surface area contributed by atoms with Crippen LogP contribution >= 0.6 is 12.6 Å². The quantitative estimate of drug-likeness (QED) is 0.261. The summed E-state index contributed by atoms with van der Waals surface area (Å²) in [5.74, 6) is -0.948. The Labute approximate surface area is 166 Å². The predicted molar refractivity (Wildman–Crippen MR) is 108 cm³/mol. The van der Waals surface area contributed by atoms with E-state index in [9.17, 15) is 14.7 Å². The van der Waals surface area contributed by atoms with Crippen molar-refractivity contribution in [2.24, 2.45) is 0 Å². The topological polar surface area (TPSA) is 95.9 Å². The summed E-state index contributed by atoms with van der Waals surface area (Å²) < 4.78 is 4.81. The van der Waals surface area contributed by atoms with Gasteiger partial charge in [-0.1, -0.05) is 36.4 Å². The molecule has 3 atom stereocenters. The van der Waals surface area contributed by atoms with Gasteiger partial charge in [-0.15, -0.1) is 0 Å². The molecule has 0 aliphatic heterocycles. The molecule has 1 aromatic rings. The Bertz CT molecular complexity index is 620. The summed E-state index contributed by atoms with van der Waals surface area (Å²) in [5, 5.41) is 21.0. The van der Waals surface area contributed by atoms with Gasteiger partial charge in [0.05, 0.1) is 18.5 Å². The van der Waals surface area contributed by atoms with Crippen LogP contribution in [-0.2, 0) is 14.3 Å². The van der Waals surface area contributed by atoms with Crippen LogP contribution in [0.25, 0.3) is 5.57 Å². The molecule has 3 N–H and O–H groups in total. The average Bonchev–Trinajstić information content (AvgIpc) is 2.66. The molecule has 1 aromatic carbocycles.